The van der Waals surface area contributed by atoms with Crippen LogP contribution in [0.2, 0.25) is 0 Å². The van der Waals surface area contributed by atoms with Crippen LogP contribution >= 0.6 is 0 Å². The van der Waals surface area contributed by atoms with Crippen LogP contribution in [0.5, 0.6) is 0 Å². The molecular formula is C13H25N. The lowest BCUT2D eigenvalue weighted by molar-refractivity contribution is 0.682. The first-order valence-corrected chi connectivity index (χ1v) is 5.61. The largest absolute Gasteiger partial charge is 0.330 e. The van der Waals surface area contributed by atoms with Gasteiger partial charge in [0.05, 0.1) is 0 Å². The molecule has 0 saturated carbocycles. The Morgan fingerprint density at radius 1 is 1.36 bits per heavy atom. The van der Waals surface area contributed by atoms with Crippen molar-refractivity contribution >= 4 is 0 Å². The van der Waals surface area contributed by atoms with Gasteiger partial charge in [0.15, 0.2) is 0 Å². The highest BCUT2D eigenvalue weighted by Gasteiger charge is 2.11. The third-order valence-electron chi connectivity index (χ3n) is 2.79. The first kappa shape index (κ1) is 13.4. The van der Waals surface area contributed by atoms with Gasteiger partial charge in [0.25, 0.3) is 0 Å². The normalized spacial score (nSPS) is 16.6. The summed E-state index contributed by atoms with van der Waals surface area (Å²) in [5, 5.41) is 0. The molecule has 0 aliphatic rings. The average molecular weight is 195 g/mol. The van der Waals surface area contributed by atoms with Crippen LogP contribution in [0.15, 0.2) is 22.8 Å². The van der Waals surface area contributed by atoms with Crippen LogP contribution in [0.3, 0.4) is 0 Å². The Morgan fingerprint density at radius 2 is 1.93 bits per heavy atom. The van der Waals surface area contributed by atoms with E-state index in [-0.39, 0.29) is 0 Å². The third kappa shape index (κ3) is 3.67. The summed E-state index contributed by atoms with van der Waals surface area (Å²) in [6.45, 7) is 11.7. The number of hydrogen-bond acceptors (Lipinski definition) is 1. The van der Waals surface area contributed by atoms with Gasteiger partial charge in [0.2, 0.25) is 0 Å². The summed E-state index contributed by atoms with van der Waals surface area (Å²) in [7, 11) is 0. The summed E-state index contributed by atoms with van der Waals surface area (Å²) >= 11 is 0. The zero-order chi connectivity index (χ0) is 11.1. The molecule has 0 spiro atoms. The highest BCUT2D eigenvalue weighted by Crippen LogP contribution is 2.25. The van der Waals surface area contributed by atoms with Crippen LogP contribution in [-0.4, -0.2) is 6.54 Å². The highest BCUT2D eigenvalue weighted by molar-refractivity contribution is 5.34. The van der Waals surface area contributed by atoms with E-state index in [1.807, 2.05) is 0 Å². The summed E-state index contributed by atoms with van der Waals surface area (Å²) in [6.07, 6.45) is 4.58. The molecular weight excluding hydrogens is 170 g/mol. The minimum atomic E-state index is 0.484. The molecule has 0 heterocycles. The lowest BCUT2D eigenvalue weighted by atomic mass is 9.89. The third-order valence-corrected chi connectivity index (χ3v) is 2.79. The maximum Gasteiger partial charge on any atom is -0.00108 e. The highest BCUT2D eigenvalue weighted by atomic mass is 14.5. The van der Waals surface area contributed by atoms with E-state index in [4.69, 9.17) is 5.73 Å². The summed E-state index contributed by atoms with van der Waals surface area (Å²) < 4.78 is 0. The van der Waals surface area contributed by atoms with E-state index in [1.54, 1.807) is 0 Å². The Morgan fingerprint density at radius 3 is 2.29 bits per heavy atom. The lowest BCUT2D eigenvalue weighted by Gasteiger charge is -2.18. The molecule has 0 aliphatic carbocycles. The topological polar surface area (TPSA) is 26.0 Å². The van der Waals surface area contributed by atoms with Crippen molar-refractivity contribution < 1.29 is 0 Å². The second-order valence-electron chi connectivity index (χ2n) is 4.05. The van der Waals surface area contributed by atoms with Crippen molar-refractivity contribution in [3.8, 4) is 0 Å². The van der Waals surface area contributed by atoms with Gasteiger partial charge in [0.1, 0.15) is 0 Å². The van der Waals surface area contributed by atoms with Crippen LogP contribution in [0.1, 0.15) is 47.5 Å². The fraction of sp³-hybridized carbons (Fsp3) is 0.692. The molecule has 0 saturated heterocycles. The minimum Gasteiger partial charge on any atom is -0.330 e. The van der Waals surface area contributed by atoms with Crippen LogP contribution in [0.25, 0.3) is 0 Å². The summed E-state index contributed by atoms with van der Waals surface area (Å²) in [4.78, 5) is 0. The van der Waals surface area contributed by atoms with Crippen LogP contribution < -0.4 is 5.73 Å². The number of allylic oxidation sites excluding steroid dienone is 3. The van der Waals surface area contributed by atoms with Gasteiger partial charge in [-0.15, -0.1) is 0 Å². The molecule has 14 heavy (non-hydrogen) atoms. The van der Waals surface area contributed by atoms with Gasteiger partial charge in [-0.1, -0.05) is 37.5 Å². The summed E-state index contributed by atoms with van der Waals surface area (Å²) in [5.41, 5.74) is 10.1. The van der Waals surface area contributed by atoms with Crippen molar-refractivity contribution in [3.63, 3.8) is 0 Å². The fourth-order valence-electron chi connectivity index (χ4n) is 1.93. The van der Waals surface area contributed by atoms with Crippen molar-refractivity contribution in [2.24, 2.45) is 11.7 Å². The Kier molecular flexibility index (Phi) is 6.56. The molecule has 0 fully saturated rings. The van der Waals surface area contributed by atoms with Gasteiger partial charge >= 0.3 is 0 Å². The molecule has 1 unspecified atom stereocenters. The smallest absolute Gasteiger partial charge is 0.00108 e. The van der Waals surface area contributed by atoms with Gasteiger partial charge in [-0.3, -0.25) is 0 Å². The maximum absolute atomic E-state index is 5.74. The summed E-state index contributed by atoms with van der Waals surface area (Å²) in [6, 6.07) is 0. The van der Waals surface area contributed by atoms with Gasteiger partial charge in [0, 0.05) is 0 Å². The fourth-order valence-corrected chi connectivity index (χ4v) is 1.93. The second kappa shape index (κ2) is 6.83. The minimum absolute atomic E-state index is 0.484. The van der Waals surface area contributed by atoms with Crippen molar-refractivity contribution in [3.05, 3.63) is 22.8 Å². The van der Waals surface area contributed by atoms with Crippen LogP contribution in [0.4, 0.5) is 0 Å². The van der Waals surface area contributed by atoms with E-state index in [1.165, 1.54) is 29.6 Å². The number of nitrogens with two attached hydrogens (primary N) is 1. The maximum atomic E-state index is 5.74. The van der Waals surface area contributed by atoms with Crippen molar-refractivity contribution in [1.29, 1.82) is 0 Å². The average Bonchev–Trinajstić information content (AvgIpc) is 2.17. The molecule has 0 aromatic heterocycles. The molecule has 2 N–H and O–H groups in total. The molecule has 0 aliphatic heterocycles. The Labute approximate surface area is 89.1 Å². The van der Waals surface area contributed by atoms with Gasteiger partial charge < -0.3 is 5.73 Å². The van der Waals surface area contributed by atoms with Crippen molar-refractivity contribution in [2.45, 2.75) is 47.5 Å². The predicted octanol–water partition coefficient (Wildman–Crippen LogP) is 3.66. The molecule has 0 aromatic carbocycles. The molecule has 0 rings (SSSR count). The molecule has 1 nitrogen and oxygen atoms in total. The quantitative estimate of drug-likeness (QED) is 0.666. The molecule has 0 radical (unpaired) electrons. The predicted molar refractivity (Wildman–Crippen MR) is 65.3 cm³/mol. The molecule has 0 amide bonds. The molecule has 82 valence electrons. The second-order valence-corrected chi connectivity index (χ2v) is 4.05. The van der Waals surface area contributed by atoms with Gasteiger partial charge in [-0.2, -0.15) is 0 Å². The SMILES string of the molecule is C/C=C(C)\C(=C(/C)CCC)C(C)CN. The Balaban J connectivity index is 4.97. The van der Waals surface area contributed by atoms with Gasteiger partial charge in [-0.25, -0.2) is 0 Å². The zero-order valence-corrected chi connectivity index (χ0v) is 10.4. The molecule has 0 bridgehead atoms. The Hall–Kier alpha value is -0.560. The van der Waals surface area contributed by atoms with E-state index >= 15 is 0 Å². The monoisotopic (exact) mass is 195 g/mol. The summed E-state index contributed by atoms with van der Waals surface area (Å²) in [5.74, 6) is 0.484. The van der Waals surface area contributed by atoms with Crippen molar-refractivity contribution in [2.75, 3.05) is 6.54 Å². The lowest BCUT2D eigenvalue weighted by Crippen LogP contribution is -2.15. The molecule has 0 aromatic rings. The van der Waals surface area contributed by atoms with E-state index in [9.17, 15) is 0 Å². The molecule has 1 heteroatoms. The standard InChI is InChI=1S/C13H25N/c1-6-8-11(4)13(10(3)7-2)12(5)9-14/h7,12H,6,8-9,14H2,1-5H3/b10-7-,13-11-. The first-order valence-electron chi connectivity index (χ1n) is 5.61. The van der Waals surface area contributed by atoms with E-state index in [0.717, 1.165) is 6.54 Å². The number of rotatable bonds is 5. The van der Waals surface area contributed by atoms with Crippen LogP contribution in [0, 0.1) is 5.92 Å². The van der Waals surface area contributed by atoms with E-state index in [0.29, 0.717) is 5.92 Å². The van der Waals surface area contributed by atoms with E-state index < -0.39 is 0 Å². The van der Waals surface area contributed by atoms with Crippen molar-refractivity contribution in [1.82, 2.24) is 0 Å². The van der Waals surface area contributed by atoms with E-state index in [2.05, 4.69) is 40.7 Å². The Bertz CT molecular complexity index is 223. The zero-order valence-electron chi connectivity index (χ0n) is 10.4. The van der Waals surface area contributed by atoms with Crippen LogP contribution in [-0.2, 0) is 0 Å². The first-order chi connectivity index (χ1) is 6.58. The number of hydrogen-bond donors (Lipinski definition) is 1. The van der Waals surface area contributed by atoms with Gasteiger partial charge in [-0.05, 0) is 45.2 Å². The molecule has 1 atom stereocenters.